The van der Waals surface area contributed by atoms with E-state index in [0.717, 1.165) is 10.5 Å². The van der Waals surface area contributed by atoms with Gasteiger partial charge in [-0.2, -0.15) is 4.31 Å². The molecule has 2 aliphatic heterocycles. The van der Waals surface area contributed by atoms with E-state index in [0.29, 0.717) is 18.4 Å². The van der Waals surface area contributed by atoms with E-state index in [1.54, 1.807) is 30.9 Å². The minimum atomic E-state index is -3.66. The molecule has 4 rings (SSSR count). The van der Waals surface area contributed by atoms with Crippen LogP contribution >= 0.6 is 0 Å². The van der Waals surface area contributed by atoms with E-state index in [9.17, 15) is 22.8 Å². The number of carbonyl (C=O) groups is 3. The highest BCUT2D eigenvalue weighted by molar-refractivity contribution is 7.89. The third-order valence-corrected chi connectivity index (χ3v) is 8.84. The highest BCUT2D eigenvalue weighted by Crippen LogP contribution is 2.36. The summed E-state index contributed by atoms with van der Waals surface area (Å²) in [6.07, 6.45) is 4.89. The predicted molar refractivity (Wildman–Crippen MR) is 118 cm³/mol. The zero-order valence-corrected chi connectivity index (χ0v) is 19.5. The summed E-state index contributed by atoms with van der Waals surface area (Å²) in [6.45, 7) is 5.99. The maximum Gasteiger partial charge on any atom is 0.245 e. The third-order valence-electron chi connectivity index (χ3n) is 6.80. The standard InChI is InChI=1S/C23H29N3O5S/c1-15-8-9-16(2)20(14-15)32(30,31)25-12-10-24(11-13-25)21(27)17(3)26-22(28)18-6-4-5-7-19(18)23(26)29/h4-5,8-9,14,17-19H,6-7,10-13H2,1-3H3/t17-,18?,19?/m0/s1. The van der Waals surface area contributed by atoms with Gasteiger partial charge in [0.1, 0.15) is 6.04 Å². The Kier molecular flexibility index (Phi) is 5.98. The Balaban J connectivity index is 1.43. The van der Waals surface area contributed by atoms with Crippen molar-refractivity contribution in [3.63, 3.8) is 0 Å². The number of fused-ring (bicyclic) bond motifs is 1. The predicted octanol–water partition coefficient (Wildman–Crippen LogP) is 1.48. The number of carbonyl (C=O) groups excluding carboxylic acids is 3. The fourth-order valence-electron chi connectivity index (χ4n) is 4.86. The molecule has 0 bridgehead atoms. The summed E-state index contributed by atoms with van der Waals surface area (Å²) in [5, 5.41) is 0. The molecule has 3 aliphatic rings. The summed E-state index contributed by atoms with van der Waals surface area (Å²) in [7, 11) is -3.66. The van der Waals surface area contributed by atoms with Crippen molar-refractivity contribution in [2.24, 2.45) is 11.8 Å². The van der Waals surface area contributed by atoms with Crippen LogP contribution in [0.25, 0.3) is 0 Å². The van der Waals surface area contributed by atoms with Crippen LogP contribution in [0.4, 0.5) is 0 Å². The first-order valence-corrected chi connectivity index (χ1v) is 12.4. The van der Waals surface area contributed by atoms with Crippen molar-refractivity contribution >= 4 is 27.7 Å². The quantitative estimate of drug-likeness (QED) is 0.502. The van der Waals surface area contributed by atoms with E-state index >= 15 is 0 Å². The molecule has 2 saturated heterocycles. The van der Waals surface area contributed by atoms with E-state index < -0.39 is 16.1 Å². The summed E-state index contributed by atoms with van der Waals surface area (Å²) >= 11 is 0. The molecule has 1 aromatic rings. The number of sulfonamides is 1. The molecule has 2 unspecified atom stereocenters. The highest BCUT2D eigenvalue weighted by Gasteiger charge is 2.50. The van der Waals surface area contributed by atoms with Crippen molar-refractivity contribution in [2.75, 3.05) is 26.2 Å². The van der Waals surface area contributed by atoms with Crippen LogP contribution in [0.5, 0.6) is 0 Å². The summed E-state index contributed by atoms with van der Waals surface area (Å²) in [5.41, 5.74) is 1.55. The lowest BCUT2D eigenvalue weighted by Crippen LogP contribution is -2.56. The van der Waals surface area contributed by atoms with Crippen LogP contribution in [-0.2, 0) is 24.4 Å². The number of benzene rings is 1. The van der Waals surface area contributed by atoms with Gasteiger partial charge in [0.25, 0.3) is 0 Å². The Hall–Kier alpha value is -2.52. The molecule has 9 heteroatoms. The molecule has 0 aromatic heterocycles. The van der Waals surface area contributed by atoms with Gasteiger partial charge in [0.2, 0.25) is 27.7 Å². The van der Waals surface area contributed by atoms with Gasteiger partial charge < -0.3 is 4.90 Å². The van der Waals surface area contributed by atoms with Gasteiger partial charge in [-0.05, 0) is 50.8 Å². The number of allylic oxidation sites excluding steroid dienone is 2. The third kappa shape index (κ3) is 3.77. The van der Waals surface area contributed by atoms with Gasteiger partial charge in [0.05, 0.1) is 16.7 Å². The van der Waals surface area contributed by atoms with E-state index in [2.05, 4.69) is 0 Å². The number of hydrogen-bond donors (Lipinski definition) is 0. The van der Waals surface area contributed by atoms with E-state index in [-0.39, 0.29) is 60.6 Å². The lowest BCUT2D eigenvalue weighted by Gasteiger charge is -2.36. The van der Waals surface area contributed by atoms with Gasteiger partial charge in [0.15, 0.2) is 0 Å². The molecule has 2 heterocycles. The highest BCUT2D eigenvalue weighted by atomic mass is 32.2. The fraction of sp³-hybridized carbons (Fsp3) is 0.522. The molecule has 0 radical (unpaired) electrons. The van der Waals surface area contributed by atoms with E-state index in [1.165, 1.54) is 4.31 Å². The second-order valence-corrected chi connectivity index (χ2v) is 10.8. The van der Waals surface area contributed by atoms with Gasteiger partial charge in [-0.1, -0.05) is 24.3 Å². The number of imide groups is 1. The second-order valence-electron chi connectivity index (χ2n) is 8.88. The van der Waals surface area contributed by atoms with Crippen molar-refractivity contribution in [3.8, 4) is 0 Å². The summed E-state index contributed by atoms with van der Waals surface area (Å²) < 4.78 is 27.7. The van der Waals surface area contributed by atoms with Gasteiger partial charge in [-0.15, -0.1) is 0 Å². The van der Waals surface area contributed by atoms with Crippen molar-refractivity contribution in [3.05, 3.63) is 41.5 Å². The van der Waals surface area contributed by atoms with Gasteiger partial charge >= 0.3 is 0 Å². The maximum absolute atomic E-state index is 13.1. The van der Waals surface area contributed by atoms with Crippen molar-refractivity contribution < 1.29 is 22.8 Å². The largest absolute Gasteiger partial charge is 0.338 e. The Labute approximate surface area is 188 Å². The molecule has 32 heavy (non-hydrogen) atoms. The molecule has 0 spiro atoms. The number of amides is 3. The molecule has 1 aliphatic carbocycles. The van der Waals surface area contributed by atoms with Gasteiger partial charge in [-0.3, -0.25) is 19.3 Å². The normalized spacial score (nSPS) is 25.2. The SMILES string of the molecule is Cc1ccc(C)c(S(=O)(=O)N2CCN(C(=O)[C@H](C)N3C(=O)C4CC=CCC4C3=O)CC2)c1. The fourth-order valence-corrected chi connectivity index (χ4v) is 6.59. The lowest BCUT2D eigenvalue weighted by molar-refractivity contribution is -0.151. The van der Waals surface area contributed by atoms with Crippen molar-refractivity contribution in [2.45, 2.75) is 44.6 Å². The summed E-state index contributed by atoms with van der Waals surface area (Å²) in [4.78, 5) is 41.7. The lowest BCUT2D eigenvalue weighted by atomic mass is 9.85. The summed E-state index contributed by atoms with van der Waals surface area (Å²) in [5.74, 6) is -1.62. The Morgan fingerprint density at radius 1 is 0.969 bits per heavy atom. The van der Waals surface area contributed by atoms with Crippen LogP contribution in [0, 0.1) is 25.7 Å². The Bertz CT molecular complexity index is 1060. The monoisotopic (exact) mass is 459 g/mol. The van der Waals surface area contributed by atoms with Crippen molar-refractivity contribution in [1.82, 2.24) is 14.1 Å². The number of aryl methyl sites for hydroxylation is 2. The molecule has 172 valence electrons. The average Bonchev–Trinajstić information content (AvgIpc) is 3.04. The molecule has 3 amide bonds. The molecule has 0 saturated carbocycles. The van der Waals surface area contributed by atoms with Gasteiger partial charge in [0, 0.05) is 26.2 Å². The topological polar surface area (TPSA) is 95.1 Å². The minimum Gasteiger partial charge on any atom is -0.338 e. The average molecular weight is 460 g/mol. The molecular formula is C23H29N3O5S. The summed E-state index contributed by atoms with van der Waals surface area (Å²) in [6, 6.07) is 4.45. The first-order chi connectivity index (χ1) is 15.1. The van der Waals surface area contributed by atoms with Gasteiger partial charge in [-0.25, -0.2) is 8.42 Å². The van der Waals surface area contributed by atoms with Crippen LogP contribution in [0.2, 0.25) is 0 Å². The smallest absolute Gasteiger partial charge is 0.245 e. The maximum atomic E-state index is 13.1. The molecule has 8 nitrogen and oxygen atoms in total. The first-order valence-electron chi connectivity index (χ1n) is 11.0. The van der Waals surface area contributed by atoms with Crippen LogP contribution in [0.3, 0.4) is 0 Å². The van der Waals surface area contributed by atoms with Crippen molar-refractivity contribution in [1.29, 1.82) is 0 Å². The number of nitrogens with zero attached hydrogens (tertiary/aromatic N) is 3. The number of rotatable bonds is 4. The molecular weight excluding hydrogens is 430 g/mol. The number of likely N-dealkylation sites (tertiary alicyclic amines) is 1. The zero-order valence-electron chi connectivity index (χ0n) is 18.7. The van der Waals surface area contributed by atoms with Crippen LogP contribution in [0.15, 0.2) is 35.2 Å². The molecule has 0 N–H and O–H groups in total. The minimum absolute atomic E-state index is 0.172. The number of hydrogen-bond acceptors (Lipinski definition) is 5. The first kappa shape index (κ1) is 22.7. The number of piperazine rings is 1. The molecule has 1 aromatic carbocycles. The van der Waals surface area contributed by atoms with Crippen LogP contribution < -0.4 is 0 Å². The van der Waals surface area contributed by atoms with Crippen LogP contribution in [0.1, 0.15) is 30.9 Å². The van der Waals surface area contributed by atoms with Crippen LogP contribution in [-0.4, -0.2) is 72.5 Å². The Morgan fingerprint density at radius 3 is 2.09 bits per heavy atom. The second kappa shape index (κ2) is 8.44. The van der Waals surface area contributed by atoms with E-state index in [4.69, 9.17) is 0 Å². The van der Waals surface area contributed by atoms with E-state index in [1.807, 2.05) is 25.1 Å². The zero-order chi connectivity index (χ0) is 23.2. The molecule has 2 fully saturated rings. The Morgan fingerprint density at radius 2 is 1.53 bits per heavy atom. The molecule has 3 atom stereocenters.